The van der Waals surface area contributed by atoms with E-state index in [1.54, 1.807) is 6.92 Å². The fourth-order valence-electron chi connectivity index (χ4n) is 2.00. The van der Waals surface area contributed by atoms with Gasteiger partial charge in [-0.2, -0.15) is 4.52 Å². The summed E-state index contributed by atoms with van der Waals surface area (Å²) in [6, 6.07) is 1.48. The van der Waals surface area contributed by atoms with Crippen molar-refractivity contribution in [2.75, 3.05) is 18.5 Å². The molecule has 0 unspecified atom stereocenters. The highest BCUT2D eigenvalue weighted by Gasteiger charge is 2.16. The lowest BCUT2D eigenvalue weighted by atomic mass is 10.2. The highest BCUT2D eigenvalue weighted by Crippen LogP contribution is 2.18. The van der Waals surface area contributed by atoms with Crippen molar-refractivity contribution in [3.8, 4) is 0 Å². The number of rotatable bonds is 3. The maximum absolute atomic E-state index is 11.7. The molecule has 0 radical (unpaired) electrons. The van der Waals surface area contributed by atoms with Gasteiger partial charge >= 0.3 is 0 Å². The fraction of sp³-hybridized carbons (Fsp3) is 0.545. The van der Waals surface area contributed by atoms with Crippen LogP contribution in [-0.4, -0.2) is 33.9 Å². The largest absolute Gasteiger partial charge is 0.376 e. The Hall–Kier alpha value is -1.47. The van der Waals surface area contributed by atoms with Crippen LogP contribution in [-0.2, 0) is 4.74 Å². The number of anilines is 1. The Morgan fingerprint density at radius 3 is 3.33 bits per heavy atom. The molecule has 1 saturated heterocycles. The van der Waals surface area contributed by atoms with Gasteiger partial charge in [0.2, 0.25) is 10.1 Å². The molecule has 96 valence electrons. The summed E-state index contributed by atoms with van der Waals surface area (Å²) >= 11 is 1.38. The first-order chi connectivity index (χ1) is 8.72. The number of hydrogen-bond donors (Lipinski definition) is 1. The summed E-state index contributed by atoms with van der Waals surface area (Å²) in [7, 11) is 0. The number of aryl methyl sites for hydroxylation is 1. The first-order valence-electron chi connectivity index (χ1n) is 5.95. The van der Waals surface area contributed by atoms with E-state index in [0.29, 0.717) is 15.8 Å². The van der Waals surface area contributed by atoms with Crippen LogP contribution in [0.5, 0.6) is 0 Å². The van der Waals surface area contributed by atoms with Crippen molar-refractivity contribution in [2.45, 2.75) is 25.9 Å². The van der Waals surface area contributed by atoms with E-state index in [1.165, 1.54) is 21.9 Å². The molecule has 2 aromatic heterocycles. The van der Waals surface area contributed by atoms with Gasteiger partial charge in [-0.15, -0.1) is 5.10 Å². The van der Waals surface area contributed by atoms with Crippen molar-refractivity contribution in [1.29, 1.82) is 0 Å². The smallest absolute Gasteiger partial charge is 0.275 e. The topological polar surface area (TPSA) is 68.5 Å². The van der Waals surface area contributed by atoms with E-state index in [1.807, 2.05) is 0 Å². The van der Waals surface area contributed by atoms with Crippen molar-refractivity contribution < 1.29 is 4.74 Å². The molecule has 0 saturated carbocycles. The quantitative estimate of drug-likeness (QED) is 0.899. The molecular weight excluding hydrogens is 252 g/mol. The van der Waals surface area contributed by atoms with Gasteiger partial charge in [0.25, 0.3) is 5.56 Å². The molecule has 0 aromatic carbocycles. The van der Waals surface area contributed by atoms with Crippen molar-refractivity contribution in [3.05, 3.63) is 22.1 Å². The number of nitrogens with one attached hydrogen (secondary N) is 1. The number of nitrogens with zero attached hydrogens (tertiary/aromatic N) is 3. The standard InChI is InChI=1S/C11H14N4O2S/c1-7-5-9(16)15-11(13-7)18-10(14-15)12-6-8-3-2-4-17-8/h5,8H,2-4,6H2,1H3,(H,12,14)/t8-/m0/s1. The SMILES string of the molecule is Cc1cc(=O)n2nc(NC[C@@H]3CCCO3)sc2n1. The zero-order valence-corrected chi connectivity index (χ0v) is 10.9. The summed E-state index contributed by atoms with van der Waals surface area (Å²) in [4.78, 5) is 16.6. The average molecular weight is 266 g/mol. The molecule has 0 bridgehead atoms. The lowest BCUT2D eigenvalue weighted by Crippen LogP contribution is -2.19. The van der Waals surface area contributed by atoms with Gasteiger partial charge in [-0.1, -0.05) is 11.3 Å². The predicted octanol–water partition coefficient (Wildman–Crippen LogP) is 1.05. The number of aromatic nitrogens is 3. The maximum atomic E-state index is 11.7. The summed E-state index contributed by atoms with van der Waals surface area (Å²) in [6.45, 7) is 3.38. The summed E-state index contributed by atoms with van der Waals surface area (Å²) in [5.41, 5.74) is 0.577. The highest BCUT2D eigenvalue weighted by atomic mass is 32.1. The molecule has 3 rings (SSSR count). The third-order valence-electron chi connectivity index (χ3n) is 2.88. The van der Waals surface area contributed by atoms with Crippen molar-refractivity contribution in [2.24, 2.45) is 0 Å². The minimum Gasteiger partial charge on any atom is -0.376 e. The molecular formula is C11H14N4O2S. The minimum absolute atomic E-state index is 0.140. The van der Waals surface area contributed by atoms with Crippen LogP contribution >= 0.6 is 11.3 Å². The first kappa shape index (κ1) is 11.6. The molecule has 1 N–H and O–H groups in total. The monoisotopic (exact) mass is 266 g/mol. The zero-order valence-electron chi connectivity index (χ0n) is 10.0. The van der Waals surface area contributed by atoms with E-state index in [4.69, 9.17) is 4.74 Å². The van der Waals surface area contributed by atoms with Gasteiger partial charge in [-0.05, 0) is 19.8 Å². The van der Waals surface area contributed by atoms with Gasteiger partial charge in [-0.3, -0.25) is 4.79 Å². The van der Waals surface area contributed by atoms with Crippen LogP contribution < -0.4 is 10.9 Å². The van der Waals surface area contributed by atoms with Gasteiger partial charge in [0.1, 0.15) is 0 Å². The van der Waals surface area contributed by atoms with Gasteiger partial charge in [0.15, 0.2) is 0 Å². The van der Waals surface area contributed by atoms with Crippen LogP contribution in [0.3, 0.4) is 0 Å². The molecule has 2 aromatic rings. The Labute approximate surface area is 108 Å². The van der Waals surface area contributed by atoms with E-state index in [-0.39, 0.29) is 11.7 Å². The van der Waals surface area contributed by atoms with Crippen LogP contribution in [0.4, 0.5) is 5.13 Å². The lowest BCUT2D eigenvalue weighted by molar-refractivity contribution is 0.120. The Bertz CT molecular complexity index is 615. The molecule has 1 aliphatic heterocycles. The van der Waals surface area contributed by atoms with E-state index in [0.717, 1.165) is 26.0 Å². The second kappa shape index (κ2) is 4.66. The summed E-state index contributed by atoms with van der Waals surface area (Å²) in [5.74, 6) is 0. The predicted molar refractivity (Wildman–Crippen MR) is 69.3 cm³/mol. The summed E-state index contributed by atoms with van der Waals surface area (Å²) in [6.07, 6.45) is 2.45. The minimum atomic E-state index is -0.140. The van der Waals surface area contributed by atoms with E-state index < -0.39 is 0 Å². The average Bonchev–Trinajstić information content (AvgIpc) is 2.93. The van der Waals surface area contributed by atoms with E-state index in [2.05, 4.69) is 15.4 Å². The second-order valence-corrected chi connectivity index (χ2v) is 5.31. The van der Waals surface area contributed by atoms with Gasteiger partial charge in [0.05, 0.1) is 6.10 Å². The molecule has 18 heavy (non-hydrogen) atoms. The molecule has 0 amide bonds. The molecule has 3 heterocycles. The molecule has 0 aliphatic carbocycles. The number of hydrogen-bond acceptors (Lipinski definition) is 6. The summed E-state index contributed by atoms with van der Waals surface area (Å²) in [5, 5.41) is 8.12. The molecule has 6 nitrogen and oxygen atoms in total. The molecule has 0 spiro atoms. The number of ether oxygens (including phenoxy) is 1. The van der Waals surface area contributed by atoms with Crippen LogP contribution in [0.15, 0.2) is 10.9 Å². The fourth-order valence-corrected chi connectivity index (χ4v) is 2.86. The Balaban J connectivity index is 1.80. The number of fused-ring (bicyclic) bond motifs is 1. The molecule has 1 aliphatic rings. The van der Waals surface area contributed by atoms with Gasteiger partial charge < -0.3 is 10.1 Å². The normalized spacial score (nSPS) is 19.5. The highest BCUT2D eigenvalue weighted by molar-refractivity contribution is 7.20. The van der Waals surface area contributed by atoms with Crippen molar-refractivity contribution in [3.63, 3.8) is 0 Å². The summed E-state index contributed by atoms with van der Waals surface area (Å²) < 4.78 is 6.85. The second-order valence-electron chi connectivity index (χ2n) is 4.35. The van der Waals surface area contributed by atoms with Crippen LogP contribution in [0, 0.1) is 6.92 Å². The third kappa shape index (κ3) is 2.23. The lowest BCUT2D eigenvalue weighted by Gasteiger charge is -2.08. The van der Waals surface area contributed by atoms with Crippen LogP contribution in [0.1, 0.15) is 18.5 Å². The van der Waals surface area contributed by atoms with E-state index >= 15 is 0 Å². The van der Waals surface area contributed by atoms with E-state index in [9.17, 15) is 4.79 Å². The van der Waals surface area contributed by atoms with Crippen LogP contribution in [0.2, 0.25) is 0 Å². The van der Waals surface area contributed by atoms with Crippen molar-refractivity contribution in [1.82, 2.24) is 14.6 Å². The Kier molecular flexibility index (Phi) is 3.00. The molecule has 1 fully saturated rings. The Morgan fingerprint density at radius 2 is 2.56 bits per heavy atom. The Morgan fingerprint density at radius 1 is 1.67 bits per heavy atom. The molecule has 7 heteroatoms. The first-order valence-corrected chi connectivity index (χ1v) is 6.77. The molecule has 1 atom stereocenters. The zero-order chi connectivity index (χ0) is 12.5. The van der Waals surface area contributed by atoms with Crippen molar-refractivity contribution >= 4 is 21.4 Å². The van der Waals surface area contributed by atoms with Gasteiger partial charge in [0, 0.05) is 24.9 Å². The van der Waals surface area contributed by atoms with Crippen LogP contribution in [0.25, 0.3) is 4.96 Å². The third-order valence-corrected chi connectivity index (χ3v) is 3.74. The van der Waals surface area contributed by atoms with Gasteiger partial charge in [-0.25, -0.2) is 4.98 Å². The maximum Gasteiger partial charge on any atom is 0.275 e.